The predicted molar refractivity (Wildman–Crippen MR) is 78.9 cm³/mol. The lowest BCUT2D eigenvalue weighted by Crippen LogP contribution is -2.34. The Bertz CT molecular complexity index is 570. The van der Waals surface area contributed by atoms with Gasteiger partial charge in [0.05, 0.1) is 17.6 Å². The molecule has 5 nitrogen and oxygen atoms in total. The van der Waals surface area contributed by atoms with Crippen molar-refractivity contribution >= 4 is 26.0 Å². The molecule has 1 aliphatic rings. The van der Waals surface area contributed by atoms with Gasteiger partial charge in [-0.25, -0.2) is 8.42 Å². The van der Waals surface area contributed by atoms with E-state index in [9.17, 15) is 8.42 Å². The molecule has 1 atom stereocenters. The zero-order valence-electron chi connectivity index (χ0n) is 11.3. The maximum atomic E-state index is 12.6. The van der Waals surface area contributed by atoms with Gasteiger partial charge in [0.2, 0.25) is 10.0 Å². The summed E-state index contributed by atoms with van der Waals surface area (Å²) >= 11 is 3.26. The minimum atomic E-state index is -3.59. The van der Waals surface area contributed by atoms with Crippen molar-refractivity contribution < 1.29 is 18.3 Å². The third-order valence-corrected chi connectivity index (χ3v) is 6.17. The first kappa shape index (κ1) is 15.9. The normalized spacial score (nSPS) is 19.7. The second kappa shape index (κ2) is 6.53. The number of sulfonamides is 1. The Morgan fingerprint density at radius 1 is 1.50 bits per heavy atom. The number of nitrogens with zero attached hydrogens (tertiary/aromatic N) is 1. The minimum Gasteiger partial charge on any atom is -0.392 e. The molecule has 0 spiro atoms. The smallest absolute Gasteiger partial charge is 0.244 e. The largest absolute Gasteiger partial charge is 0.392 e. The van der Waals surface area contributed by atoms with E-state index >= 15 is 0 Å². The maximum absolute atomic E-state index is 12.6. The van der Waals surface area contributed by atoms with E-state index in [1.54, 1.807) is 19.2 Å². The van der Waals surface area contributed by atoms with Gasteiger partial charge in [0.25, 0.3) is 0 Å². The summed E-state index contributed by atoms with van der Waals surface area (Å²) in [4.78, 5) is 0.171. The third kappa shape index (κ3) is 3.40. The van der Waals surface area contributed by atoms with E-state index < -0.39 is 10.0 Å². The summed E-state index contributed by atoms with van der Waals surface area (Å²) in [5.41, 5.74) is 0.567. The van der Waals surface area contributed by atoms with Gasteiger partial charge in [-0.2, -0.15) is 4.31 Å². The van der Waals surface area contributed by atoms with Gasteiger partial charge in [0.15, 0.2) is 0 Å². The fourth-order valence-corrected chi connectivity index (χ4v) is 4.36. The monoisotopic (exact) mass is 363 g/mol. The first-order valence-electron chi connectivity index (χ1n) is 6.42. The summed E-state index contributed by atoms with van der Waals surface area (Å²) in [7, 11) is -2.04. The molecule has 0 radical (unpaired) electrons. The van der Waals surface area contributed by atoms with E-state index in [1.807, 2.05) is 0 Å². The Morgan fingerprint density at radius 3 is 2.85 bits per heavy atom. The SMILES string of the molecule is CN(CC1CCCO1)S(=O)(=O)c1cc(CO)ccc1Br. The molecule has 0 aliphatic carbocycles. The molecule has 1 aromatic carbocycles. The van der Waals surface area contributed by atoms with Gasteiger partial charge >= 0.3 is 0 Å². The zero-order valence-corrected chi connectivity index (χ0v) is 13.7. The second-order valence-corrected chi connectivity index (χ2v) is 7.71. The standard InChI is InChI=1S/C13H18BrNO4S/c1-15(8-11-3-2-6-19-11)20(17,18)13-7-10(9-16)4-5-12(13)14/h4-5,7,11,16H,2-3,6,8-9H2,1H3. The maximum Gasteiger partial charge on any atom is 0.244 e. The van der Waals surface area contributed by atoms with Gasteiger partial charge in [-0.15, -0.1) is 0 Å². The van der Waals surface area contributed by atoms with Crippen LogP contribution in [0.2, 0.25) is 0 Å². The molecule has 1 unspecified atom stereocenters. The van der Waals surface area contributed by atoms with Gasteiger partial charge in [-0.1, -0.05) is 6.07 Å². The number of ether oxygens (including phenoxy) is 1. The van der Waals surface area contributed by atoms with Crippen molar-refractivity contribution in [3.05, 3.63) is 28.2 Å². The molecule has 1 fully saturated rings. The van der Waals surface area contributed by atoms with E-state index in [0.717, 1.165) is 12.8 Å². The third-order valence-electron chi connectivity index (χ3n) is 3.35. The summed E-state index contributed by atoms with van der Waals surface area (Å²) in [5, 5.41) is 9.14. The first-order chi connectivity index (χ1) is 9.45. The van der Waals surface area contributed by atoms with Crippen LogP contribution in [0.1, 0.15) is 18.4 Å². The summed E-state index contributed by atoms with van der Waals surface area (Å²) in [5.74, 6) is 0. The molecule has 1 heterocycles. The molecule has 1 saturated heterocycles. The molecule has 1 N–H and O–H groups in total. The number of rotatable bonds is 5. The summed E-state index contributed by atoms with van der Waals surface area (Å²) in [6, 6.07) is 4.81. The fraction of sp³-hybridized carbons (Fsp3) is 0.538. The average molecular weight is 364 g/mol. The number of aliphatic hydroxyl groups excluding tert-OH is 1. The molecular weight excluding hydrogens is 346 g/mol. The van der Waals surface area contributed by atoms with Crippen LogP contribution >= 0.6 is 15.9 Å². The molecule has 20 heavy (non-hydrogen) atoms. The number of benzene rings is 1. The molecule has 1 aliphatic heterocycles. The molecule has 0 saturated carbocycles. The van der Waals surface area contributed by atoms with Crippen molar-refractivity contribution in [3.8, 4) is 0 Å². The van der Waals surface area contributed by atoms with Crippen molar-refractivity contribution in [2.75, 3.05) is 20.2 Å². The lowest BCUT2D eigenvalue weighted by molar-refractivity contribution is 0.0979. The Morgan fingerprint density at radius 2 is 2.25 bits per heavy atom. The van der Waals surface area contributed by atoms with Gasteiger partial charge in [0.1, 0.15) is 0 Å². The van der Waals surface area contributed by atoms with Crippen molar-refractivity contribution in [2.24, 2.45) is 0 Å². The summed E-state index contributed by atoms with van der Waals surface area (Å²) in [6.07, 6.45) is 1.83. The highest BCUT2D eigenvalue weighted by Crippen LogP contribution is 2.26. The number of likely N-dealkylation sites (N-methyl/N-ethyl adjacent to an activating group) is 1. The molecule has 7 heteroatoms. The van der Waals surface area contributed by atoms with Crippen LogP contribution in [0.25, 0.3) is 0 Å². The Balaban J connectivity index is 2.24. The van der Waals surface area contributed by atoms with Crippen molar-refractivity contribution in [2.45, 2.75) is 30.4 Å². The highest BCUT2D eigenvalue weighted by Gasteiger charge is 2.27. The van der Waals surface area contributed by atoms with Crippen LogP contribution in [-0.2, 0) is 21.4 Å². The predicted octanol–water partition coefficient (Wildman–Crippen LogP) is 1.74. The van der Waals surface area contributed by atoms with E-state index in [0.29, 0.717) is 23.2 Å². The summed E-state index contributed by atoms with van der Waals surface area (Å²) < 4.78 is 32.4. The van der Waals surface area contributed by atoms with E-state index in [-0.39, 0.29) is 17.6 Å². The lowest BCUT2D eigenvalue weighted by atomic mass is 10.2. The van der Waals surface area contributed by atoms with Crippen LogP contribution < -0.4 is 0 Å². The molecule has 112 valence electrons. The summed E-state index contributed by atoms with van der Waals surface area (Å²) in [6.45, 7) is 0.853. The highest BCUT2D eigenvalue weighted by atomic mass is 79.9. The van der Waals surface area contributed by atoms with Gasteiger partial charge in [-0.05, 0) is 46.5 Å². The Hall–Kier alpha value is -0.470. The minimum absolute atomic E-state index is 0.0328. The van der Waals surface area contributed by atoms with E-state index in [1.165, 1.54) is 10.4 Å². The topological polar surface area (TPSA) is 66.8 Å². The molecule has 2 rings (SSSR count). The van der Waals surface area contributed by atoms with E-state index in [2.05, 4.69) is 15.9 Å². The van der Waals surface area contributed by atoms with Crippen LogP contribution in [0.5, 0.6) is 0 Å². The van der Waals surface area contributed by atoms with Gasteiger partial charge in [-0.3, -0.25) is 0 Å². The first-order valence-corrected chi connectivity index (χ1v) is 8.65. The van der Waals surface area contributed by atoms with Crippen molar-refractivity contribution in [3.63, 3.8) is 0 Å². The number of halogens is 1. The molecule has 0 amide bonds. The molecular formula is C13H18BrNO4S. The number of hydrogen-bond acceptors (Lipinski definition) is 4. The second-order valence-electron chi connectivity index (χ2n) is 4.84. The Labute approximate surface area is 127 Å². The van der Waals surface area contributed by atoms with Crippen LogP contribution in [-0.4, -0.2) is 44.1 Å². The Kier molecular flexibility index (Phi) is 5.19. The lowest BCUT2D eigenvalue weighted by Gasteiger charge is -2.21. The van der Waals surface area contributed by atoms with Gasteiger partial charge < -0.3 is 9.84 Å². The number of aliphatic hydroxyl groups is 1. The molecule has 1 aromatic rings. The van der Waals surface area contributed by atoms with Gasteiger partial charge in [0, 0.05) is 24.7 Å². The number of hydrogen-bond donors (Lipinski definition) is 1. The molecule has 0 aromatic heterocycles. The quantitative estimate of drug-likeness (QED) is 0.865. The average Bonchev–Trinajstić information content (AvgIpc) is 2.92. The highest BCUT2D eigenvalue weighted by molar-refractivity contribution is 9.10. The van der Waals surface area contributed by atoms with Crippen LogP contribution in [0.4, 0.5) is 0 Å². The van der Waals surface area contributed by atoms with E-state index in [4.69, 9.17) is 9.84 Å². The zero-order chi connectivity index (χ0) is 14.8. The van der Waals surface area contributed by atoms with Crippen molar-refractivity contribution in [1.29, 1.82) is 0 Å². The van der Waals surface area contributed by atoms with Crippen LogP contribution in [0, 0.1) is 0 Å². The molecule has 0 bridgehead atoms. The fourth-order valence-electron chi connectivity index (χ4n) is 2.18. The van der Waals surface area contributed by atoms with Crippen LogP contribution in [0.15, 0.2) is 27.6 Å². The van der Waals surface area contributed by atoms with Crippen molar-refractivity contribution in [1.82, 2.24) is 4.31 Å². The van der Waals surface area contributed by atoms with Crippen LogP contribution in [0.3, 0.4) is 0 Å².